The monoisotopic (exact) mass is 323 g/mol. The number of rotatable bonds is 5. The molecule has 0 aromatic heterocycles. The molecule has 1 N–H and O–H groups in total. The van der Waals surface area contributed by atoms with Crippen LogP contribution in [0.1, 0.15) is 45.4 Å². The Bertz CT molecular complexity index is 388. The third-order valence-corrected chi connectivity index (χ3v) is 6.10. The lowest BCUT2D eigenvalue weighted by Gasteiger charge is -2.49. The second-order valence-electron chi connectivity index (χ2n) is 7.55. The highest BCUT2D eigenvalue weighted by Crippen LogP contribution is 2.40. The zero-order valence-electron chi connectivity index (χ0n) is 14.7. The lowest BCUT2D eigenvalue weighted by molar-refractivity contribution is -0.140. The molecule has 0 radical (unpaired) electrons. The van der Waals surface area contributed by atoms with Crippen LogP contribution < -0.4 is 5.32 Å². The number of likely N-dealkylation sites (tertiary alicyclic amines) is 2. The first kappa shape index (κ1) is 17.2. The van der Waals surface area contributed by atoms with Crippen molar-refractivity contribution < 1.29 is 9.53 Å². The highest BCUT2D eigenvalue weighted by Gasteiger charge is 2.41. The first-order chi connectivity index (χ1) is 11.2. The van der Waals surface area contributed by atoms with Gasteiger partial charge in [-0.05, 0) is 64.1 Å². The fourth-order valence-electron chi connectivity index (χ4n) is 4.54. The van der Waals surface area contributed by atoms with Gasteiger partial charge < -0.3 is 15.0 Å². The quantitative estimate of drug-likeness (QED) is 0.779. The van der Waals surface area contributed by atoms with Gasteiger partial charge in [-0.3, -0.25) is 9.69 Å². The topological polar surface area (TPSA) is 44.8 Å². The molecule has 3 heterocycles. The summed E-state index contributed by atoms with van der Waals surface area (Å²) in [6.07, 6.45) is 6.99. The molecule has 3 aliphatic heterocycles. The second-order valence-corrected chi connectivity index (χ2v) is 7.55. The first-order valence-electron chi connectivity index (χ1n) is 9.53. The summed E-state index contributed by atoms with van der Waals surface area (Å²) in [5.74, 6) is 0.328. The largest absolute Gasteiger partial charge is 0.380 e. The molecule has 23 heavy (non-hydrogen) atoms. The van der Waals surface area contributed by atoms with Gasteiger partial charge in [-0.15, -0.1) is 0 Å². The maximum absolute atomic E-state index is 12.2. The van der Waals surface area contributed by atoms with E-state index in [1.807, 2.05) is 6.92 Å². The lowest BCUT2D eigenvalue weighted by atomic mass is 9.72. The van der Waals surface area contributed by atoms with Gasteiger partial charge >= 0.3 is 0 Å². The Morgan fingerprint density at radius 3 is 2.83 bits per heavy atom. The zero-order chi connectivity index (χ0) is 16.1. The molecule has 1 unspecified atom stereocenters. The molecule has 5 nitrogen and oxygen atoms in total. The van der Waals surface area contributed by atoms with Crippen molar-refractivity contribution >= 4 is 5.91 Å². The van der Waals surface area contributed by atoms with Crippen molar-refractivity contribution in [1.82, 2.24) is 15.1 Å². The molecule has 0 bridgehead atoms. The molecule has 3 fully saturated rings. The minimum absolute atomic E-state index is 0.328. The van der Waals surface area contributed by atoms with Crippen LogP contribution in [-0.4, -0.2) is 74.2 Å². The lowest BCUT2D eigenvalue weighted by Crippen LogP contribution is -2.55. The summed E-state index contributed by atoms with van der Waals surface area (Å²) in [4.78, 5) is 16.9. The fourth-order valence-corrected chi connectivity index (χ4v) is 4.54. The summed E-state index contributed by atoms with van der Waals surface area (Å²) in [7, 11) is 0. The summed E-state index contributed by atoms with van der Waals surface area (Å²) in [5.41, 5.74) is 0.374. The molecular formula is C18H33N3O2. The van der Waals surface area contributed by atoms with Crippen LogP contribution in [-0.2, 0) is 9.53 Å². The number of nitrogens with one attached hydrogen (secondary N) is 1. The van der Waals surface area contributed by atoms with E-state index in [-0.39, 0.29) is 0 Å². The van der Waals surface area contributed by atoms with Crippen molar-refractivity contribution in [2.75, 3.05) is 52.5 Å². The molecule has 0 saturated carbocycles. The van der Waals surface area contributed by atoms with Crippen LogP contribution >= 0.6 is 0 Å². The van der Waals surface area contributed by atoms with Crippen LogP contribution in [0.4, 0.5) is 0 Å². The summed E-state index contributed by atoms with van der Waals surface area (Å²) in [6, 6.07) is 0.736. The summed E-state index contributed by atoms with van der Waals surface area (Å²) < 4.78 is 5.45. The Kier molecular flexibility index (Phi) is 5.94. The van der Waals surface area contributed by atoms with E-state index < -0.39 is 0 Å². The molecular weight excluding hydrogens is 290 g/mol. The average molecular weight is 323 g/mol. The van der Waals surface area contributed by atoms with E-state index >= 15 is 0 Å². The maximum Gasteiger partial charge on any atom is 0.222 e. The molecule has 3 rings (SSSR count). The van der Waals surface area contributed by atoms with Crippen LogP contribution in [0.3, 0.4) is 0 Å². The van der Waals surface area contributed by atoms with Crippen molar-refractivity contribution in [2.45, 2.75) is 51.5 Å². The number of amides is 1. The number of carbonyl (C=O) groups excluding carboxylic acids is 1. The first-order valence-corrected chi connectivity index (χ1v) is 9.53. The van der Waals surface area contributed by atoms with Crippen molar-refractivity contribution in [1.29, 1.82) is 0 Å². The van der Waals surface area contributed by atoms with Crippen LogP contribution in [0.5, 0.6) is 0 Å². The number of ether oxygens (including phenoxy) is 1. The van der Waals surface area contributed by atoms with E-state index in [1.165, 1.54) is 45.3 Å². The predicted octanol–water partition coefficient (Wildman–Crippen LogP) is 1.48. The average Bonchev–Trinajstić information content (AvgIpc) is 2.60. The maximum atomic E-state index is 12.2. The number of hydrogen-bond donors (Lipinski definition) is 1. The Labute approximate surface area is 140 Å². The molecule has 3 saturated heterocycles. The minimum atomic E-state index is 0.328. The van der Waals surface area contributed by atoms with E-state index in [0.717, 1.165) is 45.1 Å². The zero-order valence-corrected chi connectivity index (χ0v) is 14.7. The van der Waals surface area contributed by atoms with Crippen molar-refractivity contribution in [3.05, 3.63) is 0 Å². The molecule has 3 aliphatic rings. The number of nitrogens with zero attached hydrogens (tertiary/aromatic N) is 2. The minimum Gasteiger partial charge on any atom is -0.380 e. The van der Waals surface area contributed by atoms with E-state index in [2.05, 4.69) is 15.1 Å². The van der Waals surface area contributed by atoms with E-state index in [9.17, 15) is 4.79 Å². The Hall–Kier alpha value is -0.650. The fraction of sp³-hybridized carbons (Fsp3) is 0.944. The van der Waals surface area contributed by atoms with E-state index in [0.29, 0.717) is 17.9 Å². The third-order valence-electron chi connectivity index (χ3n) is 6.10. The number of piperidine rings is 3. The predicted molar refractivity (Wildman–Crippen MR) is 91.4 cm³/mol. The van der Waals surface area contributed by atoms with Gasteiger partial charge in [-0.2, -0.15) is 0 Å². The van der Waals surface area contributed by atoms with Gasteiger partial charge in [0.2, 0.25) is 5.91 Å². The highest BCUT2D eigenvalue weighted by molar-refractivity contribution is 5.77. The molecule has 1 amide bonds. The normalized spacial score (nSPS) is 29.2. The van der Waals surface area contributed by atoms with Crippen molar-refractivity contribution in [2.24, 2.45) is 5.41 Å². The molecule has 132 valence electrons. The highest BCUT2D eigenvalue weighted by atomic mass is 16.5. The van der Waals surface area contributed by atoms with Crippen LogP contribution in [0.15, 0.2) is 0 Å². The van der Waals surface area contributed by atoms with E-state index in [1.54, 1.807) is 0 Å². The van der Waals surface area contributed by atoms with Gasteiger partial charge in [0.05, 0.1) is 6.61 Å². The Balaban J connectivity index is 1.51. The van der Waals surface area contributed by atoms with Gasteiger partial charge in [-0.1, -0.05) is 0 Å². The standard InChI is InChI=1S/C18H33N3O2/c1-2-23-13-12-21-15-18(6-5-17(21)22)7-10-20(11-8-18)16-4-3-9-19-14-16/h16,19H,2-15H2,1H3. The van der Waals surface area contributed by atoms with Crippen LogP contribution in [0.2, 0.25) is 0 Å². The number of carbonyl (C=O) groups is 1. The molecule has 5 heteroatoms. The molecule has 0 aliphatic carbocycles. The number of hydrogen-bond acceptors (Lipinski definition) is 4. The van der Waals surface area contributed by atoms with Crippen LogP contribution in [0.25, 0.3) is 0 Å². The van der Waals surface area contributed by atoms with Gasteiger partial charge in [0, 0.05) is 38.7 Å². The van der Waals surface area contributed by atoms with Gasteiger partial charge in [-0.25, -0.2) is 0 Å². The van der Waals surface area contributed by atoms with Gasteiger partial charge in [0.25, 0.3) is 0 Å². The smallest absolute Gasteiger partial charge is 0.222 e. The van der Waals surface area contributed by atoms with Crippen molar-refractivity contribution in [3.8, 4) is 0 Å². The summed E-state index contributed by atoms with van der Waals surface area (Å²) in [5, 5.41) is 3.54. The molecule has 0 aromatic carbocycles. The Morgan fingerprint density at radius 2 is 2.13 bits per heavy atom. The van der Waals surface area contributed by atoms with Crippen molar-refractivity contribution in [3.63, 3.8) is 0 Å². The summed E-state index contributed by atoms with van der Waals surface area (Å²) >= 11 is 0. The Morgan fingerprint density at radius 1 is 1.30 bits per heavy atom. The summed E-state index contributed by atoms with van der Waals surface area (Å²) in [6.45, 7) is 9.91. The molecule has 1 spiro atoms. The van der Waals surface area contributed by atoms with Crippen LogP contribution in [0, 0.1) is 5.41 Å². The van der Waals surface area contributed by atoms with Gasteiger partial charge in [0.15, 0.2) is 0 Å². The molecule has 0 aromatic rings. The SMILES string of the molecule is CCOCCN1CC2(CCC1=O)CCN(C1CCCNC1)CC2. The van der Waals surface area contributed by atoms with Gasteiger partial charge in [0.1, 0.15) is 0 Å². The second kappa shape index (κ2) is 7.95. The third kappa shape index (κ3) is 4.25. The molecule has 1 atom stereocenters. The van der Waals surface area contributed by atoms with E-state index in [4.69, 9.17) is 4.74 Å².